The molecule has 1 aromatic carbocycles. The third-order valence-corrected chi connectivity index (χ3v) is 8.09. The number of esters is 1. The van der Waals surface area contributed by atoms with Crippen molar-refractivity contribution >= 4 is 23.8 Å². The van der Waals surface area contributed by atoms with Crippen molar-refractivity contribution in [3.63, 3.8) is 0 Å². The number of fused-ring (bicyclic) bond motifs is 1. The lowest BCUT2D eigenvalue weighted by molar-refractivity contribution is -0.287. The lowest BCUT2D eigenvalue weighted by atomic mass is 9.99. The van der Waals surface area contributed by atoms with Gasteiger partial charge in [0.25, 0.3) is 0 Å². The maximum Gasteiger partial charge on any atom is 0.335 e. The van der Waals surface area contributed by atoms with Crippen LogP contribution in [0.25, 0.3) is 0 Å². The number of carboxylic acid groups (broad SMARTS) is 2. The average Bonchev–Trinajstić information content (AvgIpc) is 3.52. The van der Waals surface area contributed by atoms with Crippen molar-refractivity contribution in [2.24, 2.45) is 5.92 Å². The zero-order valence-corrected chi connectivity index (χ0v) is 22.0. The molecule has 220 valence electrons. The van der Waals surface area contributed by atoms with E-state index < -0.39 is 72.6 Å². The molecule has 10 atom stereocenters. The molecule has 3 aliphatic rings. The van der Waals surface area contributed by atoms with Gasteiger partial charge in [0.15, 0.2) is 6.10 Å². The molecule has 2 heterocycles. The zero-order chi connectivity index (χ0) is 29.1. The number of amides is 1. The highest BCUT2D eigenvalue weighted by molar-refractivity contribution is 5.89. The van der Waals surface area contributed by atoms with Crippen LogP contribution in [0.5, 0.6) is 0 Å². The van der Waals surface area contributed by atoms with Gasteiger partial charge < -0.3 is 39.9 Å². The minimum atomic E-state index is -1.94. The van der Waals surface area contributed by atoms with Crippen LogP contribution >= 0.6 is 0 Å². The van der Waals surface area contributed by atoms with Crippen LogP contribution in [0.15, 0.2) is 30.3 Å². The number of carbonyl (C=O) groups is 4. The predicted octanol–water partition coefficient (Wildman–Crippen LogP) is -0.744. The molecule has 2 aliphatic heterocycles. The number of aliphatic carboxylic acids is 2. The van der Waals surface area contributed by atoms with Crippen molar-refractivity contribution in [1.82, 2.24) is 10.2 Å². The lowest BCUT2D eigenvalue weighted by Crippen LogP contribution is -2.61. The van der Waals surface area contributed by atoms with Crippen molar-refractivity contribution in [1.29, 1.82) is 0 Å². The fourth-order valence-electron chi connectivity index (χ4n) is 5.99. The third-order valence-electron chi connectivity index (χ3n) is 8.09. The van der Waals surface area contributed by atoms with Crippen LogP contribution in [0.3, 0.4) is 0 Å². The van der Waals surface area contributed by atoms with Crippen LogP contribution in [0.1, 0.15) is 44.6 Å². The molecule has 3 fully saturated rings. The molecule has 1 amide bonds. The summed E-state index contributed by atoms with van der Waals surface area (Å²) in [4.78, 5) is 51.7. The first kappa shape index (κ1) is 29.9. The van der Waals surface area contributed by atoms with Gasteiger partial charge in [-0.15, -0.1) is 0 Å². The molecule has 13 heteroatoms. The van der Waals surface area contributed by atoms with Crippen LogP contribution in [0.2, 0.25) is 0 Å². The fraction of sp³-hybridized carbons (Fsp3) is 0.630. The van der Waals surface area contributed by atoms with E-state index >= 15 is 0 Å². The Morgan fingerprint density at radius 3 is 2.40 bits per heavy atom. The van der Waals surface area contributed by atoms with E-state index in [2.05, 4.69) is 5.32 Å². The number of nitrogens with zero attached hydrogens (tertiary/aromatic N) is 1. The molecule has 13 nitrogen and oxygen atoms in total. The quantitative estimate of drug-likeness (QED) is 0.195. The van der Waals surface area contributed by atoms with E-state index in [1.54, 1.807) is 0 Å². The summed E-state index contributed by atoms with van der Waals surface area (Å²) in [5.74, 6) is -4.15. The molecule has 0 radical (unpaired) electrons. The van der Waals surface area contributed by atoms with Crippen LogP contribution < -0.4 is 5.32 Å². The molecule has 1 saturated carbocycles. The first-order valence-electron chi connectivity index (χ1n) is 13.5. The van der Waals surface area contributed by atoms with Crippen molar-refractivity contribution in [3.8, 4) is 0 Å². The van der Waals surface area contributed by atoms with Gasteiger partial charge in [0, 0.05) is 6.04 Å². The highest BCUT2D eigenvalue weighted by atomic mass is 16.7. The largest absolute Gasteiger partial charge is 0.480 e. The number of hydrogen-bond donors (Lipinski definition) is 6. The number of benzene rings is 1. The number of nitrogens with one attached hydrogen (secondary N) is 1. The molecule has 40 heavy (non-hydrogen) atoms. The number of carbonyl (C=O) groups excluding carboxylic acids is 2. The van der Waals surface area contributed by atoms with Gasteiger partial charge in [0.05, 0.1) is 6.04 Å². The predicted molar refractivity (Wildman–Crippen MR) is 136 cm³/mol. The molecule has 0 unspecified atom stereocenters. The number of ether oxygens (including phenoxy) is 2. The Labute approximate surface area is 230 Å². The summed E-state index contributed by atoms with van der Waals surface area (Å²) in [5.41, 5.74) is 0.959. The number of aryl methyl sites for hydroxylation is 1. The monoisotopic (exact) mass is 564 g/mol. The summed E-state index contributed by atoms with van der Waals surface area (Å²) in [6, 6.07) is 6.05. The van der Waals surface area contributed by atoms with Gasteiger partial charge >= 0.3 is 17.9 Å². The number of aliphatic hydroxyl groups is 3. The second kappa shape index (κ2) is 12.6. The number of rotatable bonds is 10. The molecule has 6 N–H and O–H groups in total. The van der Waals surface area contributed by atoms with Crippen LogP contribution in [-0.4, -0.2) is 109 Å². The molecule has 1 aromatic rings. The lowest BCUT2D eigenvalue weighted by Gasteiger charge is -2.39. The van der Waals surface area contributed by atoms with E-state index in [0.29, 0.717) is 12.8 Å². The smallest absolute Gasteiger partial charge is 0.335 e. The van der Waals surface area contributed by atoms with Gasteiger partial charge in [-0.3, -0.25) is 14.9 Å². The summed E-state index contributed by atoms with van der Waals surface area (Å²) in [6.07, 6.45) is -6.34. The SMILES string of the molecule is C[C@H](N[C@@H](CCc1ccccc1)C(=O)O)C(=O)N1[C@H](C(=O)O[C@@H]2O[C@H](C(=O)O)[C@@H](O)[C@@H](O)[C@@H]2O)C[C@@H]2CCC[C@@H]21. The standard InChI is InChI=1S/C27H36N2O11/c1-13(28-16(24(34)35)11-10-14-6-3-2-4-7-14)23(33)29-17-9-5-8-15(17)12-18(29)26(38)40-27-21(32)19(30)20(31)22(39-27)25(36)37/h2-4,6-7,13,15-22,27-28,30-32H,5,8-12H2,1H3,(H,34,35)(H,36,37)/t13-,15-,16-,17-,18-,19+,20-,21-,22-,27-/m0/s1. The Bertz CT molecular complexity index is 1090. The Morgan fingerprint density at radius 2 is 1.75 bits per heavy atom. The normalized spacial score (nSPS) is 33.1. The van der Waals surface area contributed by atoms with Crippen molar-refractivity contribution in [3.05, 3.63) is 35.9 Å². The molecule has 1 aliphatic carbocycles. The third kappa shape index (κ3) is 6.28. The number of aliphatic hydroxyl groups excluding tert-OH is 3. The number of carboxylic acids is 2. The maximum absolute atomic E-state index is 13.7. The van der Waals surface area contributed by atoms with E-state index in [1.807, 2.05) is 30.3 Å². The maximum atomic E-state index is 13.7. The minimum absolute atomic E-state index is 0.0124. The average molecular weight is 565 g/mol. The van der Waals surface area contributed by atoms with Crippen molar-refractivity contribution < 1.29 is 54.2 Å². The van der Waals surface area contributed by atoms with Gasteiger partial charge in [-0.25, -0.2) is 9.59 Å². The summed E-state index contributed by atoms with van der Waals surface area (Å²) >= 11 is 0. The van der Waals surface area contributed by atoms with Crippen LogP contribution in [0, 0.1) is 5.92 Å². The minimum Gasteiger partial charge on any atom is -0.480 e. The fourth-order valence-corrected chi connectivity index (χ4v) is 5.99. The molecular weight excluding hydrogens is 528 g/mol. The summed E-state index contributed by atoms with van der Waals surface area (Å²) in [7, 11) is 0. The van der Waals surface area contributed by atoms with Crippen LogP contribution in [0.4, 0.5) is 0 Å². The van der Waals surface area contributed by atoms with Crippen LogP contribution in [-0.2, 0) is 35.1 Å². The molecule has 4 rings (SSSR count). The Morgan fingerprint density at radius 1 is 1.05 bits per heavy atom. The zero-order valence-electron chi connectivity index (χ0n) is 22.0. The van der Waals surface area contributed by atoms with E-state index in [9.17, 15) is 44.7 Å². The first-order chi connectivity index (χ1) is 19.0. The van der Waals surface area contributed by atoms with Gasteiger partial charge in [0.1, 0.15) is 30.4 Å². The molecule has 0 spiro atoms. The Kier molecular flexibility index (Phi) is 9.41. The summed E-state index contributed by atoms with van der Waals surface area (Å²) in [5, 5.41) is 52.1. The second-order valence-corrected chi connectivity index (χ2v) is 10.7. The summed E-state index contributed by atoms with van der Waals surface area (Å²) < 4.78 is 10.3. The molecule has 0 bridgehead atoms. The van der Waals surface area contributed by atoms with Crippen molar-refractivity contribution in [2.75, 3.05) is 0 Å². The summed E-state index contributed by atoms with van der Waals surface area (Å²) in [6.45, 7) is 1.54. The van der Waals surface area contributed by atoms with Crippen molar-refractivity contribution in [2.45, 2.75) is 100 Å². The van der Waals surface area contributed by atoms with Gasteiger partial charge in [0.2, 0.25) is 12.2 Å². The number of likely N-dealkylation sites (tertiary alicyclic amines) is 1. The molecular formula is C27H36N2O11. The second-order valence-electron chi connectivity index (χ2n) is 10.7. The molecule has 0 aromatic heterocycles. The van der Waals surface area contributed by atoms with Gasteiger partial charge in [-0.05, 0) is 50.5 Å². The highest BCUT2D eigenvalue weighted by Crippen LogP contribution is 2.42. The van der Waals surface area contributed by atoms with Gasteiger partial charge in [-0.2, -0.15) is 0 Å². The van der Waals surface area contributed by atoms with E-state index in [1.165, 1.54) is 11.8 Å². The van der Waals surface area contributed by atoms with E-state index in [0.717, 1.165) is 18.4 Å². The Balaban J connectivity index is 1.45. The molecule has 2 saturated heterocycles. The first-order valence-corrected chi connectivity index (χ1v) is 13.5. The Hall–Kier alpha value is -3.10. The number of hydrogen-bond acceptors (Lipinski definition) is 10. The highest BCUT2D eigenvalue weighted by Gasteiger charge is 2.53. The topological polar surface area (TPSA) is 203 Å². The van der Waals surface area contributed by atoms with E-state index in [4.69, 9.17) is 9.47 Å². The van der Waals surface area contributed by atoms with Gasteiger partial charge in [-0.1, -0.05) is 36.8 Å². The van der Waals surface area contributed by atoms with E-state index in [-0.39, 0.29) is 24.8 Å².